The van der Waals surface area contributed by atoms with Crippen molar-refractivity contribution in [1.82, 2.24) is 15.0 Å². The topological polar surface area (TPSA) is 291 Å². The number of nitrogens with two attached hydrogens (primary N) is 1. The van der Waals surface area contributed by atoms with E-state index in [0.717, 1.165) is 163 Å². The van der Waals surface area contributed by atoms with Gasteiger partial charge < -0.3 is 65.7 Å². The standard InChI is InChI=1S/C33H40ClN3O4.C28H38N2O4.C25H34ClN3O3.C5H3BrClN.Na.H2O/c1-22(2)21-37(27-12-14-28(15-13-27)41-33(39)24-8-6-5-7-9-24)30-16-10-25(23(3)18-32(38)40-4)19-29(30)36-26-11-17-31(34)35-20-26;1-19(2)18-30(26-15-10-22(17-25(26)29)20(3)16-27(31)33-4)23-11-13-24(14-12-23)34-28(32)21-8-6-5-7-9-21;1-16(2)15-29(20-6-8-21(30)9-7-20)23-10-4-18(17(3)12-25(31)32)13-22(23)28-19-5-11-24(26)27-14-19;6-4-1-2-5(7)8-3-4;;/h5-11,16-17,19-20,22-23,27-28,36H,12-15,18,21H2,1-4H3;5-10,15,17,19-20,23-24H,11-14,16,18,29H2,1-4H3;4-5,10-11,13-14,16-17,20-21,28,30H,6-9,12,15H2,1-3H3,(H,31,32);1-3H;;1H2/q;;;;+1;/p-1/t23-,27?,28?;20-,23?,24?;17-,20?,21?;;;/m111.../s1. The zero-order valence-corrected chi connectivity index (χ0v) is 75.5. The second-order valence-corrected chi connectivity index (χ2v) is 33.6. The molecule has 3 heterocycles. The molecular formula is C91H116BrCl3N9NaO12. The van der Waals surface area contributed by atoms with Crippen molar-refractivity contribution >= 4 is 126 Å². The summed E-state index contributed by atoms with van der Waals surface area (Å²) in [6.07, 6.45) is 16.0. The van der Waals surface area contributed by atoms with Crippen molar-refractivity contribution in [3.63, 3.8) is 0 Å². The maximum Gasteiger partial charge on any atom is 1.00 e. The predicted octanol–water partition coefficient (Wildman–Crippen LogP) is 18.5. The second kappa shape index (κ2) is 49.5. The third-order valence-electron chi connectivity index (χ3n) is 20.8. The van der Waals surface area contributed by atoms with Gasteiger partial charge in [0.1, 0.15) is 27.7 Å². The van der Waals surface area contributed by atoms with Crippen LogP contribution in [0, 0.1) is 17.8 Å². The maximum absolute atomic E-state index is 12.6. The average molecular weight is 1740 g/mol. The fraction of sp³-hybridized carbons (Fsp3) is 0.451. The Morgan fingerprint density at radius 3 is 1.14 bits per heavy atom. The third-order valence-corrected chi connectivity index (χ3v) is 22.0. The number of nitrogens with zero attached hydrogens (tertiary/aromatic N) is 6. The van der Waals surface area contributed by atoms with Gasteiger partial charge in [0.2, 0.25) is 0 Å². The number of carboxylic acids is 1. The number of pyridine rings is 3. The van der Waals surface area contributed by atoms with Gasteiger partial charge in [0.05, 0.1) is 109 Å². The van der Waals surface area contributed by atoms with Gasteiger partial charge in [-0.1, -0.05) is 152 Å². The third kappa shape index (κ3) is 31.9. The number of hydrogen-bond donors (Lipinski definition) is 5. The van der Waals surface area contributed by atoms with E-state index in [0.29, 0.717) is 75.3 Å². The van der Waals surface area contributed by atoms with Gasteiger partial charge in [-0.25, -0.2) is 24.5 Å². The first-order chi connectivity index (χ1) is 55.0. The van der Waals surface area contributed by atoms with Crippen molar-refractivity contribution in [2.24, 2.45) is 17.8 Å². The number of hydrogen-bond acceptors (Lipinski definition) is 20. The molecule has 0 aliphatic heterocycles. The SMILES string of the molecule is CC(C)CN(c1ccc([C@H](C)CC(=O)O)cc1Nc1ccc(Cl)nc1)C1CCC(O)CC1.COC(=O)C[C@@H](C)c1ccc(N(CC(C)C)C2CCC(OC(=O)c3ccccc3)CC2)c(N)c1.COC(=O)C[C@@H](C)c1ccc(N(CC(C)C)C2CCC(OC(=O)c3ccccc3)CC2)c(Nc2ccc(Cl)nc2)c1.Clc1ccc(Br)cn1.[Na+].[OH-]. The normalized spacial score (nSPS) is 17.6. The van der Waals surface area contributed by atoms with Crippen molar-refractivity contribution in [3.8, 4) is 0 Å². The first-order valence-corrected chi connectivity index (χ1v) is 42.0. The van der Waals surface area contributed by atoms with Gasteiger partial charge in [-0.3, -0.25) is 14.4 Å². The second-order valence-electron chi connectivity index (χ2n) is 31.5. The first-order valence-electron chi connectivity index (χ1n) is 40.1. The molecule has 11 rings (SSSR count). The number of benzene rings is 5. The van der Waals surface area contributed by atoms with Crippen LogP contribution in [-0.4, -0.2) is 131 Å². The number of carboxylic acid groups (broad SMARTS) is 1. The van der Waals surface area contributed by atoms with Crippen LogP contribution in [0.1, 0.15) is 214 Å². The summed E-state index contributed by atoms with van der Waals surface area (Å²) in [6, 6.07) is 48.9. The van der Waals surface area contributed by atoms with Crippen molar-refractivity contribution in [2.75, 3.05) is 64.9 Å². The predicted molar refractivity (Wildman–Crippen MR) is 469 cm³/mol. The number of halogens is 4. The molecule has 0 amide bonds. The molecule has 3 fully saturated rings. The number of methoxy groups -OCH3 is 2. The molecule has 3 aromatic heterocycles. The van der Waals surface area contributed by atoms with Crippen LogP contribution >= 0.6 is 50.7 Å². The van der Waals surface area contributed by atoms with Crippen LogP contribution in [0.3, 0.4) is 0 Å². The van der Waals surface area contributed by atoms with Crippen molar-refractivity contribution in [2.45, 2.75) is 213 Å². The number of aliphatic hydroxyl groups is 1. The number of anilines is 8. The van der Waals surface area contributed by atoms with E-state index >= 15 is 0 Å². The molecule has 0 unspecified atom stereocenters. The molecule has 21 nitrogen and oxygen atoms in total. The van der Waals surface area contributed by atoms with E-state index < -0.39 is 5.97 Å². The Hall–Kier alpha value is -8.03. The molecule has 0 saturated heterocycles. The number of carbonyl (C=O) groups is 5. The van der Waals surface area contributed by atoms with E-state index in [2.05, 4.69) is 140 Å². The molecule has 117 heavy (non-hydrogen) atoms. The minimum Gasteiger partial charge on any atom is -0.870 e. The molecule has 0 radical (unpaired) electrons. The van der Waals surface area contributed by atoms with Crippen molar-refractivity contribution in [3.05, 3.63) is 218 Å². The minimum absolute atomic E-state index is 0. The van der Waals surface area contributed by atoms with E-state index in [1.54, 1.807) is 61.1 Å². The number of aliphatic carboxylic acids is 1. The zero-order chi connectivity index (χ0) is 83.3. The molecule has 626 valence electrons. The van der Waals surface area contributed by atoms with E-state index in [9.17, 15) is 34.2 Å². The number of aromatic nitrogens is 3. The van der Waals surface area contributed by atoms with Gasteiger partial charge >= 0.3 is 59.4 Å². The number of nitrogens with one attached hydrogen (secondary N) is 2. The van der Waals surface area contributed by atoms with Gasteiger partial charge in [0.25, 0.3) is 0 Å². The Balaban J connectivity index is 0.000000259. The van der Waals surface area contributed by atoms with Gasteiger partial charge in [-0.05, 0) is 242 Å². The molecular weight excluding hydrogens is 1620 g/mol. The summed E-state index contributed by atoms with van der Waals surface area (Å²) in [4.78, 5) is 79.5. The summed E-state index contributed by atoms with van der Waals surface area (Å²) >= 11 is 20.7. The van der Waals surface area contributed by atoms with E-state index in [4.69, 9.17) is 59.5 Å². The van der Waals surface area contributed by atoms with E-state index in [-0.39, 0.29) is 101 Å². The van der Waals surface area contributed by atoms with E-state index in [1.807, 2.05) is 87.5 Å². The van der Waals surface area contributed by atoms with Gasteiger partial charge in [0, 0.05) is 48.4 Å². The first kappa shape index (κ1) is 97.8. The molecule has 26 heteroatoms. The molecule has 3 aliphatic carbocycles. The molecule has 0 bridgehead atoms. The Kier molecular flexibility index (Phi) is 41.4. The summed E-state index contributed by atoms with van der Waals surface area (Å²) in [5, 5.41) is 27.7. The smallest absolute Gasteiger partial charge is 0.870 e. The Bertz CT molecular complexity index is 4330. The van der Waals surface area contributed by atoms with Crippen molar-refractivity contribution < 1.29 is 88.2 Å². The summed E-state index contributed by atoms with van der Waals surface area (Å²) in [7, 11) is 2.83. The van der Waals surface area contributed by atoms with Gasteiger partial charge in [-0.2, -0.15) is 0 Å². The van der Waals surface area contributed by atoms with Crippen molar-refractivity contribution in [1.29, 1.82) is 0 Å². The van der Waals surface area contributed by atoms with Crippen LogP contribution in [-0.2, 0) is 33.3 Å². The molecule has 5 aromatic carbocycles. The zero-order valence-electron chi connectivity index (χ0n) is 69.6. The molecule has 3 atom stereocenters. The number of aliphatic hydroxyl groups excluding tert-OH is 1. The number of rotatable bonds is 29. The summed E-state index contributed by atoms with van der Waals surface area (Å²) < 4.78 is 22.3. The van der Waals surface area contributed by atoms with E-state index in [1.165, 1.54) is 14.2 Å². The fourth-order valence-corrected chi connectivity index (χ4v) is 15.4. The monoisotopic (exact) mass is 1730 g/mol. The fourth-order valence-electron chi connectivity index (χ4n) is 14.8. The Labute approximate surface area is 737 Å². The van der Waals surface area contributed by atoms with Crippen LogP contribution in [0.15, 0.2) is 175 Å². The molecule has 3 saturated carbocycles. The maximum atomic E-state index is 12.6. The summed E-state index contributed by atoms with van der Waals surface area (Å²) in [5.74, 6) is -0.447. The molecule has 8 aromatic rings. The number of carbonyl (C=O) groups excluding carboxylic acids is 4. The number of esters is 4. The minimum atomic E-state index is -0.805. The summed E-state index contributed by atoms with van der Waals surface area (Å²) in [5.41, 5.74) is 18.2. The van der Waals surface area contributed by atoms with Crippen LogP contribution in [0.25, 0.3) is 0 Å². The number of nitrogen functional groups attached to an aromatic ring is 1. The average Bonchev–Trinajstić information content (AvgIpc) is 0.798. The van der Waals surface area contributed by atoms with Gasteiger partial charge in [0.15, 0.2) is 0 Å². The van der Waals surface area contributed by atoms with Crippen LogP contribution in [0.5, 0.6) is 0 Å². The van der Waals surface area contributed by atoms with Crippen LogP contribution in [0.4, 0.5) is 45.5 Å². The quantitative estimate of drug-likeness (QED) is 0.00957. The Morgan fingerprint density at radius 1 is 0.470 bits per heavy atom. The molecule has 3 aliphatic rings. The van der Waals surface area contributed by atoms with Crippen LogP contribution < -0.4 is 60.6 Å². The number of ether oxygens (including phenoxy) is 4. The largest absolute Gasteiger partial charge is 1.00 e. The van der Waals surface area contributed by atoms with Gasteiger partial charge in [-0.15, -0.1) is 0 Å². The summed E-state index contributed by atoms with van der Waals surface area (Å²) in [6.45, 7) is 22.0. The molecule has 7 N–H and O–H groups in total. The molecule has 0 spiro atoms. The van der Waals surface area contributed by atoms with Crippen LogP contribution in [0.2, 0.25) is 15.5 Å². The Morgan fingerprint density at radius 2 is 0.812 bits per heavy atom.